The largest absolute Gasteiger partial charge is 0.496 e. The second-order valence-electron chi connectivity index (χ2n) is 6.17. The molecule has 0 aliphatic carbocycles. The number of halogens is 1. The monoisotopic (exact) mass is 392 g/mol. The van der Waals surface area contributed by atoms with Crippen LogP contribution in [-0.4, -0.2) is 27.6 Å². The van der Waals surface area contributed by atoms with Gasteiger partial charge in [-0.15, -0.1) is 10.2 Å². The molecular weight excluding hydrogens is 376 g/mol. The third kappa shape index (κ3) is 3.54. The molecule has 0 aliphatic rings. The minimum absolute atomic E-state index is 0.191. The Bertz CT molecular complexity index is 1140. The van der Waals surface area contributed by atoms with Gasteiger partial charge in [0.15, 0.2) is 11.5 Å². The first-order valence-corrected chi connectivity index (χ1v) is 9.04. The lowest BCUT2D eigenvalue weighted by Gasteiger charge is -2.10. The van der Waals surface area contributed by atoms with Crippen molar-refractivity contribution in [2.45, 2.75) is 6.54 Å². The van der Waals surface area contributed by atoms with E-state index in [1.54, 1.807) is 42.0 Å². The number of aromatic nitrogens is 3. The molecule has 0 atom stereocenters. The smallest absolute Gasteiger partial charge is 0.253 e. The molecule has 0 spiro atoms. The number of carbonyl (C=O) groups is 1. The zero-order valence-corrected chi connectivity index (χ0v) is 15.8. The molecule has 0 aliphatic heterocycles. The van der Waals surface area contributed by atoms with E-state index in [9.17, 15) is 4.79 Å². The predicted octanol–water partition coefficient (Wildman–Crippen LogP) is 3.99. The van der Waals surface area contributed by atoms with Crippen molar-refractivity contribution in [3.8, 4) is 17.1 Å². The van der Waals surface area contributed by atoms with Crippen LogP contribution in [-0.2, 0) is 6.54 Å². The molecule has 0 saturated heterocycles. The van der Waals surface area contributed by atoms with Crippen molar-refractivity contribution in [1.29, 1.82) is 0 Å². The quantitative estimate of drug-likeness (QED) is 0.557. The van der Waals surface area contributed by atoms with Crippen LogP contribution >= 0.6 is 11.6 Å². The maximum atomic E-state index is 12.7. The van der Waals surface area contributed by atoms with E-state index in [0.29, 0.717) is 28.6 Å². The number of fused-ring (bicyclic) bond motifs is 1. The highest BCUT2D eigenvalue weighted by molar-refractivity contribution is 6.30. The van der Waals surface area contributed by atoms with Gasteiger partial charge in [-0.1, -0.05) is 29.8 Å². The number of amides is 1. The highest BCUT2D eigenvalue weighted by Gasteiger charge is 2.12. The molecule has 4 rings (SSSR count). The molecule has 0 radical (unpaired) electrons. The van der Waals surface area contributed by atoms with E-state index in [-0.39, 0.29) is 5.91 Å². The van der Waals surface area contributed by atoms with Gasteiger partial charge in [-0.3, -0.25) is 9.20 Å². The fraction of sp³-hybridized carbons (Fsp3) is 0.0952. The number of nitrogens with zero attached hydrogens (tertiary/aromatic N) is 3. The number of para-hydroxylation sites is 1. The lowest BCUT2D eigenvalue weighted by molar-refractivity contribution is 0.0950. The van der Waals surface area contributed by atoms with Gasteiger partial charge in [0.1, 0.15) is 5.75 Å². The standard InChI is InChI=1S/C21H17ClN4O2/c1-28-18-5-3-2-4-15(18)12-23-21(27)16-8-11-19-24-25-20(26(19)13-16)14-6-9-17(22)10-7-14/h2-11,13H,12H2,1H3,(H,23,27). The maximum absolute atomic E-state index is 12.7. The highest BCUT2D eigenvalue weighted by atomic mass is 35.5. The van der Waals surface area contributed by atoms with Crippen molar-refractivity contribution in [3.63, 3.8) is 0 Å². The molecule has 4 aromatic rings. The fourth-order valence-electron chi connectivity index (χ4n) is 2.95. The molecule has 0 saturated carbocycles. The third-order valence-corrected chi connectivity index (χ3v) is 4.65. The molecule has 6 nitrogen and oxygen atoms in total. The number of hydrogen-bond donors (Lipinski definition) is 1. The zero-order valence-electron chi connectivity index (χ0n) is 15.1. The van der Waals surface area contributed by atoms with E-state index in [1.807, 2.05) is 36.4 Å². The minimum Gasteiger partial charge on any atom is -0.496 e. The Balaban J connectivity index is 1.59. The summed E-state index contributed by atoms with van der Waals surface area (Å²) < 4.78 is 7.12. The van der Waals surface area contributed by atoms with Crippen molar-refractivity contribution < 1.29 is 9.53 Å². The second kappa shape index (κ2) is 7.70. The number of methoxy groups -OCH3 is 1. The van der Waals surface area contributed by atoms with Crippen molar-refractivity contribution >= 4 is 23.2 Å². The van der Waals surface area contributed by atoms with Gasteiger partial charge < -0.3 is 10.1 Å². The third-order valence-electron chi connectivity index (χ3n) is 4.40. The Morgan fingerprint density at radius 3 is 2.64 bits per heavy atom. The van der Waals surface area contributed by atoms with E-state index in [4.69, 9.17) is 16.3 Å². The molecule has 1 N–H and O–H groups in total. The van der Waals surface area contributed by atoms with Gasteiger partial charge >= 0.3 is 0 Å². The average Bonchev–Trinajstić information content (AvgIpc) is 3.16. The molecule has 0 unspecified atom stereocenters. The van der Waals surface area contributed by atoms with Crippen LogP contribution in [0, 0.1) is 0 Å². The van der Waals surface area contributed by atoms with Gasteiger partial charge in [0, 0.05) is 28.9 Å². The number of nitrogens with one attached hydrogen (secondary N) is 1. The summed E-state index contributed by atoms with van der Waals surface area (Å²) in [6.07, 6.45) is 1.73. The Kier molecular flexibility index (Phi) is 4.95. The van der Waals surface area contributed by atoms with Crippen LogP contribution in [0.2, 0.25) is 5.02 Å². The number of carbonyl (C=O) groups excluding carboxylic acids is 1. The van der Waals surface area contributed by atoms with Crippen LogP contribution in [0.1, 0.15) is 15.9 Å². The molecular formula is C21H17ClN4O2. The highest BCUT2D eigenvalue weighted by Crippen LogP contribution is 2.21. The SMILES string of the molecule is COc1ccccc1CNC(=O)c1ccc2nnc(-c3ccc(Cl)cc3)n2c1. The number of rotatable bonds is 5. The van der Waals surface area contributed by atoms with Gasteiger partial charge in [0.05, 0.1) is 12.7 Å². The van der Waals surface area contributed by atoms with Crippen molar-refractivity contribution in [2.75, 3.05) is 7.11 Å². The van der Waals surface area contributed by atoms with Gasteiger partial charge in [-0.05, 0) is 42.5 Å². The van der Waals surface area contributed by atoms with Crippen molar-refractivity contribution in [2.24, 2.45) is 0 Å². The molecule has 140 valence electrons. The summed E-state index contributed by atoms with van der Waals surface area (Å²) in [6.45, 7) is 0.368. The van der Waals surface area contributed by atoms with Gasteiger partial charge in [-0.2, -0.15) is 0 Å². The van der Waals surface area contributed by atoms with Crippen LogP contribution in [0.3, 0.4) is 0 Å². The van der Waals surface area contributed by atoms with Gasteiger partial charge in [0.2, 0.25) is 0 Å². The molecule has 2 heterocycles. The molecule has 28 heavy (non-hydrogen) atoms. The van der Waals surface area contributed by atoms with Crippen LogP contribution < -0.4 is 10.1 Å². The van der Waals surface area contributed by atoms with E-state index in [2.05, 4.69) is 15.5 Å². The predicted molar refractivity (Wildman–Crippen MR) is 108 cm³/mol. The molecule has 1 amide bonds. The van der Waals surface area contributed by atoms with Crippen molar-refractivity contribution in [3.05, 3.63) is 83.0 Å². The molecule has 2 aromatic heterocycles. The van der Waals surface area contributed by atoms with Gasteiger partial charge in [-0.25, -0.2) is 0 Å². The maximum Gasteiger partial charge on any atom is 0.253 e. The summed E-state index contributed by atoms with van der Waals surface area (Å²) in [4.78, 5) is 12.7. The van der Waals surface area contributed by atoms with Gasteiger partial charge in [0.25, 0.3) is 5.91 Å². The zero-order chi connectivity index (χ0) is 19.5. The number of hydrogen-bond acceptors (Lipinski definition) is 4. The summed E-state index contributed by atoms with van der Waals surface area (Å²) in [5, 5.41) is 12.0. The topological polar surface area (TPSA) is 68.5 Å². The Hall–Kier alpha value is -3.38. The first kappa shape index (κ1) is 18.0. The summed E-state index contributed by atoms with van der Waals surface area (Å²) in [6, 6.07) is 18.4. The molecule has 7 heteroatoms. The summed E-state index contributed by atoms with van der Waals surface area (Å²) in [7, 11) is 1.61. The molecule has 0 bridgehead atoms. The Labute approximate surface area is 166 Å². The van der Waals surface area contributed by atoms with E-state index < -0.39 is 0 Å². The number of ether oxygens (including phenoxy) is 1. The lowest BCUT2D eigenvalue weighted by Crippen LogP contribution is -2.23. The average molecular weight is 393 g/mol. The van der Waals surface area contributed by atoms with Crippen LogP contribution in [0.25, 0.3) is 17.0 Å². The first-order valence-electron chi connectivity index (χ1n) is 8.66. The molecule has 2 aromatic carbocycles. The summed E-state index contributed by atoms with van der Waals surface area (Å²) in [5.41, 5.74) is 2.94. The van der Waals surface area contributed by atoms with E-state index in [1.165, 1.54) is 0 Å². The summed E-state index contributed by atoms with van der Waals surface area (Å²) >= 11 is 5.96. The fourth-order valence-corrected chi connectivity index (χ4v) is 3.07. The lowest BCUT2D eigenvalue weighted by atomic mass is 10.2. The van der Waals surface area contributed by atoms with E-state index >= 15 is 0 Å². The number of benzene rings is 2. The van der Waals surface area contributed by atoms with Crippen LogP contribution in [0.5, 0.6) is 5.75 Å². The molecule has 0 fully saturated rings. The Morgan fingerprint density at radius 2 is 1.86 bits per heavy atom. The minimum atomic E-state index is -0.191. The van der Waals surface area contributed by atoms with Crippen LogP contribution in [0.4, 0.5) is 0 Å². The first-order chi connectivity index (χ1) is 13.7. The normalized spacial score (nSPS) is 10.8. The van der Waals surface area contributed by atoms with Crippen LogP contribution in [0.15, 0.2) is 66.9 Å². The summed E-state index contributed by atoms with van der Waals surface area (Å²) in [5.74, 6) is 1.19. The second-order valence-corrected chi connectivity index (χ2v) is 6.61. The Morgan fingerprint density at radius 1 is 1.07 bits per heavy atom. The van der Waals surface area contributed by atoms with E-state index in [0.717, 1.165) is 16.9 Å². The number of pyridine rings is 1. The van der Waals surface area contributed by atoms with Crippen molar-refractivity contribution in [1.82, 2.24) is 19.9 Å².